The van der Waals surface area contributed by atoms with Gasteiger partial charge in [0.15, 0.2) is 0 Å². The van der Waals surface area contributed by atoms with Crippen LogP contribution in [-0.2, 0) is 4.74 Å². The van der Waals surface area contributed by atoms with Crippen molar-refractivity contribution in [1.29, 1.82) is 0 Å². The molecule has 1 fully saturated rings. The first kappa shape index (κ1) is 19.5. The lowest BCUT2D eigenvalue weighted by Crippen LogP contribution is -2.47. The monoisotopic (exact) mass is 434 g/mol. The van der Waals surface area contributed by atoms with Crippen molar-refractivity contribution in [3.63, 3.8) is 0 Å². The van der Waals surface area contributed by atoms with Crippen molar-refractivity contribution in [1.82, 2.24) is 0 Å². The van der Waals surface area contributed by atoms with Gasteiger partial charge in [-0.1, -0.05) is 57.4 Å². The van der Waals surface area contributed by atoms with Gasteiger partial charge in [-0.05, 0) is 69.5 Å². The van der Waals surface area contributed by atoms with Gasteiger partial charge in [-0.3, -0.25) is 0 Å². The fourth-order valence-electron chi connectivity index (χ4n) is 4.08. The molecule has 2 aromatic rings. The van der Waals surface area contributed by atoms with Crippen LogP contribution in [0, 0.1) is 0 Å². The molecule has 26 heavy (non-hydrogen) atoms. The highest BCUT2D eigenvalue weighted by Crippen LogP contribution is 2.48. The highest BCUT2D eigenvalue weighted by molar-refractivity contribution is 9.10. The van der Waals surface area contributed by atoms with E-state index in [4.69, 9.17) is 16.3 Å². The van der Waals surface area contributed by atoms with E-state index >= 15 is 0 Å². The number of rotatable bonds is 2. The molecule has 0 bridgehead atoms. The summed E-state index contributed by atoms with van der Waals surface area (Å²) in [5.74, 6) is 0.238. The summed E-state index contributed by atoms with van der Waals surface area (Å²) in [5, 5.41) is 10.1. The Balaban J connectivity index is 2.11. The van der Waals surface area contributed by atoms with E-state index in [1.54, 1.807) is 12.1 Å². The molecular formula is C22H24BrClO2. The topological polar surface area (TPSA) is 29.5 Å². The zero-order valence-electron chi connectivity index (χ0n) is 15.5. The minimum Gasteiger partial charge on any atom is -0.506 e. The summed E-state index contributed by atoms with van der Waals surface area (Å²) in [6.07, 6.45) is 3.01. The van der Waals surface area contributed by atoms with Gasteiger partial charge in [0.1, 0.15) is 5.75 Å². The van der Waals surface area contributed by atoms with E-state index in [0.717, 1.165) is 16.5 Å². The van der Waals surface area contributed by atoms with Crippen LogP contribution < -0.4 is 0 Å². The Kier molecular flexibility index (Phi) is 5.26. The lowest BCUT2D eigenvalue weighted by atomic mass is 9.72. The number of hydrogen-bond acceptors (Lipinski definition) is 2. The first-order valence-electron chi connectivity index (χ1n) is 8.72. The molecule has 1 atom stereocenters. The Morgan fingerprint density at radius 2 is 1.77 bits per heavy atom. The number of halogens is 2. The van der Waals surface area contributed by atoms with E-state index in [0.29, 0.717) is 5.02 Å². The van der Waals surface area contributed by atoms with Crippen LogP contribution in [0.4, 0.5) is 0 Å². The quantitative estimate of drug-likeness (QED) is 0.553. The minimum absolute atomic E-state index is 0.103. The molecular weight excluding hydrogens is 412 g/mol. The lowest BCUT2D eigenvalue weighted by Gasteiger charge is -2.48. The van der Waals surface area contributed by atoms with Gasteiger partial charge in [0.2, 0.25) is 0 Å². The summed E-state index contributed by atoms with van der Waals surface area (Å²) in [6.45, 7) is 8.56. The third kappa shape index (κ3) is 4.16. The van der Waals surface area contributed by atoms with Crippen LogP contribution in [0.1, 0.15) is 51.2 Å². The molecule has 138 valence electrons. The second kappa shape index (κ2) is 7.03. The zero-order valence-corrected chi connectivity index (χ0v) is 17.9. The van der Waals surface area contributed by atoms with E-state index in [-0.39, 0.29) is 22.9 Å². The van der Waals surface area contributed by atoms with Crippen LogP contribution in [0.25, 0.3) is 6.08 Å². The second-order valence-corrected chi connectivity index (χ2v) is 9.38. The maximum atomic E-state index is 9.69. The van der Waals surface area contributed by atoms with Gasteiger partial charge in [0, 0.05) is 10.4 Å². The summed E-state index contributed by atoms with van der Waals surface area (Å²) in [5.41, 5.74) is 2.92. The number of hydrogen-bond donors (Lipinski definition) is 1. The van der Waals surface area contributed by atoms with Crippen molar-refractivity contribution in [2.24, 2.45) is 0 Å². The van der Waals surface area contributed by atoms with E-state index in [1.165, 1.54) is 11.1 Å². The fourth-order valence-corrected chi connectivity index (χ4v) is 4.53. The van der Waals surface area contributed by atoms with Crippen molar-refractivity contribution in [2.45, 2.75) is 51.2 Å². The number of ether oxygens (including phenoxy) is 1. The van der Waals surface area contributed by atoms with Gasteiger partial charge in [0.25, 0.3) is 0 Å². The summed E-state index contributed by atoms with van der Waals surface area (Å²) in [7, 11) is 0. The molecule has 0 amide bonds. The SMILES string of the molecule is CC1(C)CC(=Cc2ccc(O)c(Cl)c2)C(c2ccc(Br)cc2)C(C)(C)O1. The third-order valence-corrected chi connectivity index (χ3v) is 5.59. The number of phenolic OH excluding ortho intramolecular Hbond substituents is 1. The Morgan fingerprint density at radius 3 is 2.38 bits per heavy atom. The van der Waals surface area contributed by atoms with E-state index in [2.05, 4.69) is 74.0 Å². The molecule has 1 N–H and O–H groups in total. The molecule has 4 heteroatoms. The van der Waals surface area contributed by atoms with Crippen LogP contribution in [-0.4, -0.2) is 16.3 Å². The van der Waals surface area contributed by atoms with Gasteiger partial charge < -0.3 is 9.84 Å². The van der Waals surface area contributed by atoms with E-state index < -0.39 is 0 Å². The first-order chi connectivity index (χ1) is 12.1. The summed E-state index contributed by atoms with van der Waals surface area (Å²) in [6, 6.07) is 13.8. The summed E-state index contributed by atoms with van der Waals surface area (Å²) in [4.78, 5) is 0. The van der Waals surface area contributed by atoms with Crippen molar-refractivity contribution in [2.75, 3.05) is 0 Å². The molecule has 0 aromatic heterocycles. The maximum absolute atomic E-state index is 9.69. The molecule has 2 aromatic carbocycles. The first-order valence-corrected chi connectivity index (χ1v) is 9.89. The van der Waals surface area contributed by atoms with Crippen LogP contribution in [0.15, 0.2) is 52.5 Å². The standard InChI is InChI=1S/C22H24BrClO2/c1-21(2)13-16(11-14-5-10-19(25)18(24)12-14)20(22(3,4)26-21)15-6-8-17(23)9-7-15/h5-12,20,25H,13H2,1-4H3. The van der Waals surface area contributed by atoms with Crippen molar-refractivity contribution >= 4 is 33.6 Å². The molecule has 1 heterocycles. The average Bonchev–Trinajstić information content (AvgIpc) is 2.50. The van der Waals surface area contributed by atoms with Crippen LogP contribution >= 0.6 is 27.5 Å². The van der Waals surface area contributed by atoms with E-state index in [9.17, 15) is 5.11 Å². The molecule has 1 saturated heterocycles. The molecule has 0 aliphatic carbocycles. The Morgan fingerprint density at radius 1 is 1.12 bits per heavy atom. The van der Waals surface area contributed by atoms with Gasteiger partial charge in [-0.15, -0.1) is 0 Å². The Labute approximate surface area is 169 Å². The number of benzene rings is 2. The molecule has 1 unspecified atom stereocenters. The van der Waals surface area contributed by atoms with E-state index in [1.807, 2.05) is 6.07 Å². The highest BCUT2D eigenvalue weighted by atomic mass is 79.9. The Bertz CT molecular complexity index is 838. The molecule has 0 radical (unpaired) electrons. The van der Waals surface area contributed by atoms with Gasteiger partial charge in [-0.2, -0.15) is 0 Å². The molecule has 0 saturated carbocycles. The van der Waals surface area contributed by atoms with Crippen molar-refractivity contribution in [3.05, 3.63) is 68.7 Å². The predicted molar refractivity (Wildman–Crippen MR) is 112 cm³/mol. The highest BCUT2D eigenvalue weighted by Gasteiger charge is 2.44. The Hall–Kier alpha value is -1.29. The maximum Gasteiger partial charge on any atom is 0.134 e. The molecule has 1 aliphatic heterocycles. The zero-order chi connectivity index (χ0) is 19.1. The smallest absolute Gasteiger partial charge is 0.134 e. The number of aromatic hydroxyl groups is 1. The summed E-state index contributed by atoms with van der Waals surface area (Å²) < 4.78 is 7.51. The summed E-state index contributed by atoms with van der Waals surface area (Å²) >= 11 is 9.62. The van der Waals surface area contributed by atoms with Crippen LogP contribution in [0.2, 0.25) is 5.02 Å². The van der Waals surface area contributed by atoms with Crippen molar-refractivity contribution in [3.8, 4) is 5.75 Å². The second-order valence-electron chi connectivity index (χ2n) is 8.06. The normalized spacial score (nSPS) is 23.2. The fraction of sp³-hybridized carbons (Fsp3) is 0.364. The minimum atomic E-state index is -0.345. The third-order valence-electron chi connectivity index (χ3n) is 4.76. The number of phenols is 1. The van der Waals surface area contributed by atoms with Crippen LogP contribution in [0.3, 0.4) is 0 Å². The largest absolute Gasteiger partial charge is 0.506 e. The molecule has 2 nitrogen and oxygen atoms in total. The lowest BCUT2D eigenvalue weighted by molar-refractivity contribution is -0.148. The van der Waals surface area contributed by atoms with Crippen molar-refractivity contribution < 1.29 is 9.84 Å². The van der Waals surface area contributed by atoms with Gasteiger partial charge in [-0.25, -0.2) is 0 Å². The van der Waals surface area contributed by atoms with Gasteiger partial charge >= 0.3 is 0 Å². The van der Waals surface area contributed by atoms with Crippen LogP contribution in [0.5, 0.6) is 5.75 Å². The molecule has 1 aliphatic rings. The predicted octanol–water partition coefficient (Wildman–Crippen LogP) is 6.95. The molecule has 0 spiro atoms. The average molecular weight is 436 g/mol. The van der Waals surface area contributed by atoms with Gasteiger partial charge in [0.05, 0.1) is 16.2 Å². The molecule has 3 rings (SSSR count).